The fraction of sp³-hybridized carbons (Fsp3) is 0.280. The highest BCUT2D eigenvalue weighted by Gasteiger charge is 2.24. The maximum Gasteiger partial charge on any atom is 0.159 e. The number of anilines is 1. The Hall–Kier alpha value is -3.76. The molecule has 3 heterocycles. The summed E-state index contributed by atoms with van der Waals surface area (Å²) < 4.78 is 1.79. The second-order valence-electron chi connectivity index (χ2n) is 7.90. The molecule has 7 nitrogen and oxygen atoms in total. The molecular weight excluding hydrogens is 398 g/mol. The van der Waals surface area contributed by atoms with Gasteiger partial charge in [0.25, 0.3) is 0 Å². The first-order valence-electron chi connectivity index (χ1n) is 10.8. The minimum Gasteiger partial charge on any atom is -0.354 e. The van der Waals surface area contributed by atoms with Gasteiger partial charge in [-0.15, -0.1) is 10.2 Å². The van der Waals surface area contributed by atoms with Crippen molar-refractivity contribution in [2.24, 2.45) is 7.05 Å². The van der Waals surface area contributed by atoms with Crippen LogP contribution in [-0.2, 0) is 13.6 Å². The number of nitrogens with zero attached hydrogens (tertiary/aromatic N) is 6. The molecule has 0 amide bonds. The molecule has 0 atom stereocenters. The van der Waals surface area contributed by atoms with Crippen LogP contribution in [0.25, 0.3) is 23.5 Å². The average Bonchev–Trinajstić information content (AvgIpc) is 3.27. The Morgan fingerprint density at radius 2 is 1.81 bits per heavy atom. The van der Waals surface area contributed by atoms with E-state index in [1.54, 1.807) is 10.9 Å². The lowest BCUT2D eigenvalue weighted by Gasteiger charge is -2.34. The molecule has 1 fully saturated rings. The van der Waals surface area contributed by atoms with Gasteiger partial charge in [0.1, 0.15) is 5.69 Å². The number of benzene rings is 1. The van der Waals surface area contributed by atoms with E-state index in [2.05, 4.69) is 44.7 Å². The van der Waals surface area contributed by atoms with Gasteiger partial charge < -0.3 is 10.2 Å². The lowest BCUT2D eigenvalue weighted by Crippen LogP contribution is -2.43. The summed E-state index contributed by atoms with van der Waals surface area (Å²) >= 11 is 0. The lowest BCUT2D eigenvalue weighted by atomic mass is 10.0. The number of nitriles is 1. The van der Waals surface area contributed by atoms with Gasteiger partial charge in [0.05, 0.1) is 17.3 Å². The van der Waals surface area contributed by atoms with Gasteiger partial charge >= 0.3 is 0 Å². The van der Waals surface area contributed by atoms with E-state index in [4.69, 9.17) is 5.26 Å². The Bertz CT molecular complexity index is 1150. The predicted molar refractivity (Wildman–Crippen MR) is 128 cm³/mol. The number of nitrogens with one attached hydrogen (secondary N) is 1. The molecule has 2 aromatic heterocycles. The highest BCUT2D eigenvalue weighted by molar-refractivity contribution is 5.81. The molecule has 1 aromatic carbocycles. The van der Waals surface area contributed by atoms with Crippen LogP contribution in [0.15, 0.2) is 49.7 Å². The first-order chi connectivity index (χ1) is 15.6. The van der Waals surface area contributed by atoms with E-state index in [-0.39, 0.29) is 0 Å². The molecule has 0 radical (unpaired) electrons. The van der Waals surface area contributed by atoms with E-state index in [0.29, 0.717) is 11.6 Å². The van der Waals surface area contributed by atoms with Crippen LogP contribution in [0.2, 0.25) is 0 Å². The Labute approximate surface area is 188 Å². The molecule has 0 spiro atoms. The molecule has 0 unspecified atom stereocenters. The van der Waals surface area contributed by atoms with Gasteiger partial charge in [-0.3, -0.25) is 4.68 Å². The Balaban J connectivity index is 1.45. The highest BCUT2D eigenvalue weighted by Crippen LogP contribution is 2.31. The molecule has 3 aromatic rings. The Morgan fingerprint density at radius 3 is 2.41 bits per heavy atom. The van der Waals surface area contributed by atoms with Gasteiger partial charge in [-0.05, 0) is 36.6 Å². The number of piperidine rings is 1. The third-order valence-electron chi connectivity index (χ3n) is 5.98. The third-order valence-corrected chi connectivity index (χ3v) is 5.98. The summed E-state index contributed by atoms with van der Waals surface area (Å²) in [7, 11) is 1.89. The number of rotatable bonds is 7. The van der Waals surface area contributed by atoms with Crippen molar-refractivity contribution in [1.82, 2.24) is 25.3 Å². The van der Waals surface area contributed by atoms with Crippen LogP contribution in [0.4, 0.5) is 5.82 Å². The molecule has 1 aliphatic heterocycles. The second kappa shape index (κ2) is 9.58. The molecule has 0 aliphatic carbocycles. The standard InChI is InChI=1S/C25H27N7/c1-4-21-22(5-2)25(30-29-24(21)23-10-13-28-31(23)3)32-14-11-20(12-15-32)27-17-19-8-6-18(16-26)7-9-19/h4-10,13,20,27H,1-2,11-12,14-15,17H2,3H3. The fourth-order valence-corrected chi connectivity index (χ4v) is 4.14. The zero-order valence-corrected chi connectivity index (χ0v) is 18.3. The van der Waals surface area contributed by atoms with Gasteiger partial charge in [0.15, 0.2) is 5.82 Å². The van der Waals surface area contributed by atoms with Crippen LogP contribution in [0.3, 0.4) is 0 Å². The van der Waals surface area contributed by atoms with E-state index in [9.17, 15) is 0 Å². The van der Waals surface area contributed by atoms with Crippen molar-refractivity contribution in [3.05, 3.63) is 71.9 Å². The summed E-state index contributed by atoms with van der Waals surface area (Å²) in [6.07, 6.45) is 7.45. The second-order valence-corrected chi connectivity index (χ2v) is 7.90. The molecule has 1 saturated heterocycles. The fourth-order valence-electron chi connectivity index (χ4n) is 4.14. The van der Waals surface area contributed by atoms with Crippen molar-refractivity contribution in [2.45, 2.75) is 25.4 Å². The summed E-state index contributed by atoms with van der Waals surface area (Å²) in [6, 6.07) is 12.3. The van der Waals surface area contributed by atoms with Gasteiger partial charge in [0, 0.05) is 50.0 Å². The van der Waals surface area contributed by atoms with Crippen LogP contribution < -0.4 is 10.2 Å². The summed E-state index contributed by atoms with van der Waals surface area (Å²) in [6.45, 7) is 10.6. The Morgan fingerprint density at radius 1 is 1.09 bits per heavy atom. The molecule has 162 valence electrons. The topological polar surface area (TPSA) is 82.7 Å². The number of aromatic nitrogens is 4. The minimum atomic E-state index is 0.439. The highest BCUT2D eigenvalue weighted by atomic mass is 15.3. The van der Waals surface area contributed by atoms with E-state index >= 15 is 0 Å². The largest absolute Gasteiger partial charge is 0.354 e. The third kappa shape index (κ3) is 4.32. The van der Waals surface area contributed by atoms with Crippen molar-refractivity contribution in [2.75, 3.05) is 18.0 Å². The maximum absolute atomic E-state index is 8.93. The first kappa shape index (κ1) is 21.5. The van der Waals surface area contributed by atoms with E-state index in [1.165, 1.54) is 5.56 Å². The number of aryl methyl sites for hydroxylation is 1. The zero-order valence-electron chi connectivity index (χ0n) is 18.3. The van der Waals surface area contributed by atoms with E-state index in [1.807, 2.05) is 49.5 Å². The van der Waals surface area contributed by atoms with Gasteiger partial charge in [-0.25, -0.2) is 0 Å². The van der Waals surface area contributed by atoms with Crippen LogP contribution >= 0.6 is 0 Å². The molecule has 0 bridgehead atoms. The number of hydrogen-bond donors (Lipinski definition) is 1. The predicted octanol–water partition coefficient (Wildman–Crippen LogP) is 3.79. The molecule has 32 heavy (non-hydrogen) atoms. The van der Waals surface area contributed by atoms with Crippen molar-refractivity contribution < 1.29 is 0 Å². The smallest absolute Gasteiger partial charge is 0.159 e. The molecular formula is C25H27N7. The van der Waals surface area contributed by atoms with Crippen molar-refractivity contribution in [3.8, 4) is 17.5 Å². The molecule has 1 N–H and O–H groups in total. The average molecular weight is 426 g/mol. The van der Waals surface area contributed by atoms with Gasteiger partial charge in [-0.1, -0.05) is 37.4 Å². The normalized spacial score (nSPS) is 14.2. The van der Waals surface area contributed by atoms with Crippen molar-refractivity contribution >= 4 is 18.0 Å². The Kier molecular flexibility index (Phi) is 6.43. The number of hydrogen-bond acceptors (Lipinski definition) is 6. The van der Waals surface area contributed by atoms with Crippen LogP contribution in [0, 0.1) is 11.3 Å². The maximum atomic E-state index is 8.93. The summed E-state index contributed by atoms with van der Waals surface area (Å²) in [5.74, 6) is 0.853. The first-order valence-corrected chi connectivity index (χ1v) is 10.8. The van der Waals surface area contributed by atoms with E-state index < -0.39 is 0 Å². The van der Waals surface area contributed by atoms with E-state index in [0.717, 1.165) is 60.8 Å². The molecule has 1 aliphatic rings. The van der Waals surface area contributed by atoms with Gasteiger partial charge in [0.2, 0.25) is 0 Å². The summed E-state index contributed by atoms with van der Waals surface area (Å²) in [5, 5.41) is 25.9. The van der Waals surface area contributed by atoms with Crippen LogP contribution in [-0.4, -0.2) is 39.1 Å². The zero-order chi connectivity index (χ0) is 22.5. The van der Waals surface area contributed by atoms with Crippen molar-refractivity contribution in [1.29, 1.82) is 5.26 Å². The molecule has 0 saturated carbocycles. The SMILES string of the molecule is C=Cc1c(-c2ccnn2C)nnc(N2CCC(NCc3ccc(C#N)cc3)CC2)c1C=C. The van der Waals surface area contributed by atoms with Crippen LogP contribution in [0.1, 0.15) is 35.1 Å². The lowest BCUT2D eigenvalue weighted by molar-refractivity contribution is 0.412. The molecule has 7 heteroatoms. The summed E-state index contributed by atoms with van der Waals surface area (Å²) in [5.41, 5.74) is 5.41. The van der Waals surface area contributed by atoms with Gasteiger partial charge in [-0.2, -0.15) is 10.4 Å². The summed E-state index contributed by atoms with van der Waals surface area (Å²) in [4.78, 5) is 2.28. The van der Waals surface area contributed by atoms with Crippen LogP contribution in [0.5, 0.6) is 0 Å². The minimum absolute atomic E-state index is 0.439. The van der Waals surface area contributed by atoms with Crippen molar-refractivity contribution in [3.63, 3.8) is 0 Å². The quantitative estimate of drug-likeness (QED) is 0.620. The molecule has 4 rings (SSSR count). The monoisotopic (exact) mass is 425 g/mol.